The average molecular weight is 250 g/mol. The van der Waals surface area contributed by atoms with Gasteiger partial charge in [0.05, 0.1) is 5.60 Å². The second kappa shape index (κ2) is 7.49. The van der Waals surface area contributed by atoms with Gasteiger partial charge in [0, 0.05) is 25.0 Å². The van der Waals surface area contributed by atoms with Crippen LogP contribution in [0.1, 0.15) is 39.7 Å². The number of nitrogens with one attached hydrogen (secondary N) is 1. The standard InChI is InChI=1S/C15H26N2O/c1-5-15(4,18-7-3)14(17-6-2)12-13-8-10-16-11-9-13/h8-11,14,17H,5-7,12H2,1-4H3. The fourth-order valence-electron chi connectivity index (χ4n) is 2.28. The Bertz CT molecular complexity index is 329. The summed E-state index contributed by atoms with van der Waals surface area (Å²) in [6.45, 7) is 10.3. The van der Waals surface area contributed by atoms with E-state index in [2.05, 4.69) is 50.1 Å². The van der Waals surface area contributed by atoms with Crippen LogP contribution < -0.4 is 5.32 Å². The molecular weight excluding hydrogens is 224 g/mol. The molecule has 2 unspecified atom stereocenters. The van der Waals surface area contributed by atoms with Crippen molar-refractivity contribution in [1.29, 1.82) is 0 Å². The van der Waals surface area contributed by atoms with Crippen molar-refractivity contribution in [2.45, 2.75) is 52.2 Å². The molecular formula is C15H26N2O. The van der Waals surface area contributed by atoms with Crippen LogP contribution in [0.3, 0.4) is 0 Å². The highest BCUT2D eigenvalue weighted by atomic mass is 16.5. The third-order valence-electron chi connectivity index (χ3n) is 3.55. The first-order chi connectivity index (χ1) is 8.66. The second-order valence-corrected chi connectivity index (χ2v) is 4.77. The average Bonchev–Trinajstić information content (AvgIpc) is 2.39. The Hall–Kier alpha value is -0.930. The van der Waals surface area contributed by atoms with E-state index in [1.54, 1.807) is 0 Å². The molecule has 0 fully saturated rings. The van der Waals surface area contributed by atoms with Crippen molar-refractivity contribution in [2.75, 3.05) is 13.2 Å². The van der Waals surface area contributed by atoms with E-state index in [0.29, 0.717) is 6.04 Å². The number of hydrogen-bond acceptors (Lipinski definition) is 3. The number of pyridine rings is 1. The zero-order valence-corrected chi connectivity index (χ0v) is 12.1. The third-order valence-corrected chi connectivity index (χ3v) is 3.55. The molecule has 0 aliphatic rings. The smallest absolute Gasteiger partial charge is 0.0807 e. The highest BCUT2D eigenvalue weighted by Crippen LogP contribution is 2.23. The summed E-state index contributed by atoms with van der Waals surface area (Å²) in [5.41, 5.74) is 1.18. The lowest BCUT2D eigenvalue weighted by molar-refractivity contribution is -0.0546. The summed E-state index contributed by atoms with van der Waals surface area (Å²) in [4.78, 5) is 4.07. The van der Waals surface area contributed by atoms with Crippen LogP contribution in [0.5, 0.6) is 0 Å². The molecule has 1 heterocycles. The van der Waals surface area contributed by atoms with Gasteiger partial charge < -0.3 is 10.1 Å². The highest BCUT2D eigenvalue weighted by Gasteiger charge is 2.32. The highest BCUT2D eigenvalue weighted by molar-refractivity contribution is 5.13. The van der Waals surface area contributed by atoms with Gasteiger partial charge in [0.25, 0.3) is 0 Å². The number of aromatic nitrogens is 1. The van der Waals surface area contributed by atoms with E-state index < -0.39 is 0 Å². The molecule has 1 aromatic heterocycles. The van der Waals surface area contributed by atoms with Crippen LogP contribution in [-0.2, 0) is 11.2 Å². The summed E-state index contributed by atoms with van der Waals surface area (Å²) < 4.78 is 5.99. The largest absolute Gasteiger partial charge is 0.374 e. The van der Waals surface area contributed by atoms with Crippen molar-refractivity contribution in [3.8, 4) is 0 Å². The first kappa shape index (κ1) is 15.1. The molecule has 1 rings (SSSR count). The lowest BCUT2D eigenvalue weighted by Gasteiger charge is -2.37. The number of ether oxygens (including phenoxy) is 1. The lowest BCUT2D eigenvalue weighted by atomic mass is 9.88. The van der Waals surface area contributed by atoms with E-state index in [4.69, 9.17) is 4.74 Å². The van der Waals surface area contributed by atoms with Crippen LogP contribution in [0.4, 0.5) is 0 Å². The molecule has 0 aliphatic heterocycles. The van der Waals surface area contributed by atoms with E-state index in [9.17, 15) is 0 Å². The van der Waals surface area contributed by atoms with Crippen molar-refractivity contribution >= 4 is 0 Å². The van der Waals surface area contributed by atoms with Crippen LogP contribution in [0.2, 0.25) is 0 Å². The van der Waals surface area contributed by atoms with Gasteiger partial charge in [-0.05, 0) is 50.9 Å². The molecule has 0 aliphatic carbocycles. The third kappa shape index (κ3) is 4.07. The summed E-state index contributed by atoms with van der Waals surface area (Å²) in [7, 11) is 0. The van der Waals surface area contributed by atoms with Gasteiger partial charge in [-0.25, -0.2) is 0 Å². The molecule has 0 saturated carbocycles. The molecule has 2 atom stereocenters. The van der Waals surface area contributed by atoms with Gasteiger partial charge in [-0.1, -0.05) is 13.8 Å². The molecule has 0 bridgehead atoms. The minimum Gasteiger partial charge on any atom is -0.374 e. The Kier molecular flexibility index (Phi) is 6.30. The monoisotopic (exact) mass is 250 g/mol. The van der Waals surface area contributed by atoms with Gasteiger partial charge >= 0.3 is 0 Å². The van der Waals surface area contributed by atoms with E-state index in [1.807, 2.05) is 12.4 Å². The predicted molar refractivity (Wildman–Crippen MR) is 75.7 cm³/mol. The SMILES string of the molecule is CCNC(Cc1ccncc1)C(C)(CC)OCC. The summed E-state index contributed by atoms with van der Waals surface area (Å²) in [6.07, 6.45) is 5.68. The zero-order chi connectivity index (χ0) is 13.4. The molecule has 0 spiro atoms. The molecule has 0 saturated heterocycles. The maximum Gasteiger partial charge on any atom is 0.0807 e. The second-order valence-electron chi connectivity index (χ2n) is 4.77. The molecule has 0 amide bonds. The van der Waals surface area contributed by atoms with Crippen molar-refractivity contribution in [2.24, 2.45) is 0 Å². The first-order valence-corrected chi connectivity index (χ1v) is 6.92. The van der Waals surface area contributed by atoms with Crippen LogP contribution in [0.15, 0.2) is 24.5 Å². The van der Waals surface area contributed by atoms with Crippen LogP contribution in [0, 0.1) is 0 Å². The topological polar surface area (TPSA) is 34.2 Å². The van der Waals surface area contributed by atoms with E-state index in [-0.39, 0.29) is 5.60 Å². The summed E-state index contributed by atoms with van der Waals surface area (Å²) in [5, 5.41) is 3.56. The van der Waals surface area contributed by atoms with Gasteiger partial charge in [0.2, 0.25) is 0 Å². The molecule has 102 valence electrons. The minimum absolute atomic E-state index is 0.117. The molecule has 0 aromatic carbocycles. The number of likely N-dealkylation sites (N-methyl/N-ethyl adjacent to an activating group) is 1. The van der Waals surface area contributed by atoms with Gasteiger partial charge in [-0.3, -0.25) is 4.98 Å². The zero-order valence-electron chi connectivity index (χ0n) is 12.1. The number of nitrogens with zero attached hydrogens (tertiary/aromatic N) is 1. The van der Waals surface area contributed by atoms with Crippen LogP contribution in [-0.4, -0.2) is 29.8 Å². The molecule has 0 radical (unpaired) electrons. The van der Waals surface area contributed by atoms with Gasteiger partial charge in [-0.15, -0.1) is 0 Å². The summed E-state index contributed by atoms with van der Waals surface area (Å²) >= 11 is 0. The fraction of sp³-hybridized carbons (Fsp3) is 0.667. The number of hydrogen-bond donors (Lipinski definition) is 1. The Labute approximate surface area is 111 Å². The van der Waals surface area contributed by atoms with Crippen LogP contribution >= 0.6 is 0 Å². The maximum atomic E-state index is 5.99. The molecule has 1 N–H and O–H groups in total. The summed E-state index contributed by atoms with van der Waals surface area (Å²) in [5.74, 6) is 0. The first-order valence-electron chi connectivity index (χ1n) is 6.92. The van der Waals surface area contributed by atoms with Crippen molar-refractivity contribution in [1.82, 2.24) is 10.3 Å². The Morgan fingerprint density at radius 2 is 1.94 bits per heavy atom. The molecule has 3 heteroatoms. The molecule has 1 aromatic rings. The fourth-order valence-corrected chi connectivity index (χ4v) is 2.28. The summed E-state index contributed by atoms with van der Waals surface area (Å²) in [6, 6.07) is 4.48. The molecule has 18 heavy (non-hydrogen) atoms. The number of rotatable bonds is 8. The van der Waals surface area contributed by atoms with Crippen LogP contribution in [0.25, 0.3) is 0 Å². The van der Waals surface area contributed by atoms with Gasteiger partial charge in [0.1, 0.15) is 0 Å². The maximum absolute atomic E-state index is 5.99. The quantitative estimate of drug-likeness (QED) is 0.770. The van der Waals surface area contributed by atoms with E-state index >= 15 is 0 Å². The predicted octanol–water partition coefficient (Wildman–Crippen LogP) is 2.81. The van der Waals surface area contributed by atoms with E-state index in [0.717, 1.165) is 26.0 Å². The Morgan fingerprint density at radius 1 is 1.28 bits per heavy atom. The Balaban J connectivity index is 2.80. The lowest BCUT2D eigenvalue weighted by Crippen LogP contribution is -2.51. The minimum atomic E-state index is -0.117. The van der Waals surface area contributed by atoms with Crippen molar-refractivity contribution < 1.29 is 4.74 Å². The van der Waals surface area contributed by atoms with Crippen molar-refractivity contribution in [3.05, 3.63) is 30.1 Å². The normalized spacial score (nSPS) is 16.2. The van der Waals surface area contributed by atoms with E-state index in [1.165, 1.54) is 5.56 Å². The Morgan fingerprint density at radius 3 is 2.44 bits per heavy atom. The van der Waals surface area contributed by atoms with Crippen molar-refractivity contribution in [3.63, 3.8) is 0 Å². The molecule has 3 nitrogen and oxygen atoms in total. The van der Waals surface area contributed by atoms with Gasteiger partial charge in [-0.2, -0.15) is 0 Å². The van der Waals surface area contributed by atoms with Gasteiger partial charge in [0.15, 0.2) is 0 Å².